The Morgan fingerprint density at radius 1 is 1.50 bits per heavy atom. The molecule has 48 valence electrons. The lowest BCUT2D eigenvalue weighted by Crippen LogP contribution is -2.21. The first kappa shape index (κ1) is 8.17. The molecule has 0 aliphatic heterocycles. The van der Waals surface area contributed by atoms with Gasteiger partial charge in [0.2, 0.25) is 0 Å². The Balaban J connectivity index is 3.24. The second-order valence-electron chi connectivity index (χ2n) is 3.39. The maximum atomic E-state index is 3.75. The third-order valence-electron chi connectivity index (χ3n) is 1.10. The SMILES string of the molecule is C=C[SiH2]C[Si](C)(C)C. The quantitative estimate of drug-likeness (QED) is 0.528. The maximum Gasteiger partial charge on any atom is 0.0420 e. The highest BCUT2D eigenvalue weighted by Gasteiger charge is 2.10. The minimum absolute atomic E-state index is 0.143. The lowest BCUT2D eigenvalue weighted by atomic mass is 11.3. The normalized spacial score (nSPS) is 12.9. The Morgan fingerprint density at radius 2 is 2.00 bits per heavy atom. The van der Waals surface area contributed by atoms with E-state index in [1.54, 1.807) is 0 Å². The molecule has 2 heteroatoms. The highest BCUT2D eigenvalue weighted by Crippen LogP contribution is 2.05. The van der Waals surface area contributed by atoms with Crippen molar-refractivity contribution < 1.29 is 0 Å². The number of hydrogen-bond acceptors (Lipinski definition) is 0. The van der Waals surface area contributed by atoms with Gasteiger partial charge in [-0.2, -0.15) is 0 Å². The average molecular weight is 144 g/mol. The Morgan fingerprint density at radius 3 is 2.12 bits per heavy atom. The smallest absolute Gasteiger partial charge is 0.0420 e. The van der Waals surface area contributed by atoms with Crippen molar-refractivity contribution >= 4 is 17.6 Å². The van der Waals surface area contributed by atoms with Crippen LogP contribution in [0.1, 0.15) is 0 Å². The first-order valence-corrected chi connectivity index (χ1v) is 8.69. The lowest BCUT2D eigenvalue weighted by Gasteiger charge is -2.12. The van der Waals surface area contributed by atoms with Gasteiger partial charge in [0, 0.05) is 17.6 Å². The van der Waals surface area contributed by atoms with Gasteiger partial charge in [-0.3, -0.25) is 0 Å². The van der Waals surface area contributed by atoms with Crippen molar-refractivity contribution in [3.05, 3.63) is 12.3 Å². The van der Waals surface area contributed by atoms with E-state index in [1.165, 1.54) is 5.67 Å². The highest BCUT2D eigenvalue weighted by molar-refractivity contribution is 6.83. The monoisotopic (exact) mass is 144 g/mol. The van der Waals surface area contributed by atoms with E-state index in [0.717, 1.165) is 0 Å². The van der Waals surface area contributed by atoms with Crippen LogP contribution in [0.15, 0.2) is 12.3 Å². The highest BCUT2D eigenvalue weighted by atomic mass is 28.4. The summed E-state index contributed by atoms with van der Waals surface area (Å²) in [6.07, 6.45) is 0. The molecule has 0 saturated heterocycles. The van der Waals surface area contributed by atoms with Gasteiger partial charge in [-0.05, 0) is 0 Å². The first-order valence-electron chi connectivity index (χ1n) is 3.17. The van der Waals surface area contributed by atoms with Crippen LogP contribution in [0.4, 0.5) is 0 Å². The number of rotatable bonds is 3. The molecule has 0 atom stereocenters. The lowest BCUT2D eigenvalue weighted by molar-refractivity contribution is 1.64. The summed E-state index contributed by atoms with van der Waals surface area (Å²) in [5, 5.41) is 0. The molecule has 0 heterocycles. The van der Waals surface area contributed by atoms with Crippen molar-refractivity contribution in [3.8, 4) is 0 Å². The summed E-state index contributed by atoms with van der Waals surface area (Å²) < 4.78 is 0. The van der Waals surface area contributed by atoms with Crippen LogP contribution in [0, 0.1) is 0 Å². The standard InChI is InChI=1S/C6H16Si2/c1-5-7-6-8(2,3)4/h5H,1,6-7H2,2-4H3. The summed E-state index contributed by atoms with van der Waals surface area (Å²) in [5.74, 6) is 0. The third-order valence-corrected chi connectivity index (χ3v) is 8.66. The van der Waals surface area contributed by atoms with E-state index in [-0.39, 0.29) is 9.52 Å². The van der Waals surface area contributed by atoms with E-state index in [1.807, 2.05) is 0 Å². The molecule has 0 rings (SSSR count). The Hall–Kier alpha value is 0.174. The molecule has 0 radical (unpaired) electrons. The summed E-state index contributed by atoms with van der Waals surface area (Å²) in [4.78, 5) is 0. The van der Waals surface area contributed by atoms with E-state index < -0.39 is 8.07 Å². The molecule has 0 bridgehead atoms. The minimum Gasteiger partial charge on any atom is -0.109 e. The van der Waals surface area contributed by atoms with Crippen molar-refractivity contribution in [1.29, 1.82) is 0 Å². The molecule has 0 aromatic carbocycles. The summed E-state index contributed by atoms with van der Waals surface area (Å²) in [6.45, 7) is 11.0. The van der Waals surface area contributed by atoms with E-state index in [9.17, 15) is 0 Å². The maximum absolute atomic E-state index is 3.75. The van der Waals surface area contributed by atoms with Gasteiger partial charge in [-0.15, -0.1) is 12.3 Å². The summed E-state index contributed by atoms with van der Waals surface area (Å²) in [6, 6.07) is 0. The predicted octanol–water partition coefficient (Wildman–Crippen LogP) is 1.59. The van der Waals surface area contributed by atoms with Gasteiger partial charge in [-0.25, -0.2) is 0 Å². The zero-order valence-corrected chi connectivity index (χ0v) is 8.61. The van der Waals surface area contributed by atoms with Crippen molar-refractivity contribution in [2.24, 2.45) is 0 Å². The first-order chi connectivity index (χ1) is 3.56. The molecule has 0 amide bonds. The molecule has 0 nitrogen and oxygen atoms in total. The van der Waals surface area contributed by atoms with Crippen LogP contribution in [0.25, 0.3) is 0 Å². The largest absolute Gasteiger partial charge is 0.109 e. The van der Waals surface area contributed by atoms with Crippen LogP contribution in [-0.4, -0.2) is 17.6 Å². The summed E-state index contributed by atoms with van der Waals surface area (Å²) in [5.41, 5.74) is 3.68. The van der Waals surface area contributed by atoms with Crippen molar-refractivity contribution in [2.45, 2.75) is 25.3 Å². The van der Waals surface area contributed by atoms with Gasteiger partial charge in [0.1, 0.15) is 0 Å². The summed E-state index contributed by atoms with van der Waals surface area (Å²) in [7, 11) is -0.545. The molecule has 0 aromatic rings. The minimum atomic E-state index is -0.688. The van der Waals surface area contributed by atoms with Crippen LogP contribution in [0.3, 0.4) is 0 Å². The van der Waals surface area contributed by atoms with Gasteiger partial charge in [-0.1, -0.05) is 25.3 Å². The molecule has 0 aliphatic carbocycles. The Kier molecular flexibility index (Phi) is 3.32. The molecule has 0 unspecified atom stereocenters. The van der Waals surface area contributed by atoms with E-state index >= 15 is 0 Å². The average Bonchev–Trinajstić information content (AvgIpc) is 1.59. The molecule has 0 spiro atoms. The van der Waals surface area contributed by atoms with Crippen LogP contribution < -0.4 is 0 Å². The van der Waals surface area contributed by atoms with Gasteiger partial charge < -0.3 is 0 Å². The van der Waals surface area contributed by atoms with E-state index in [0.29, 0.717) is 0 Å². The molecule has 8 heavy (non-hydrogen) atoms. The molecule has 0 aromatic heterocycles. The van der Waals surface area contributed by atoms with Gasteiger partial charge >= 0.3 is 0 Å². The summed E-state index contributed by atoms with van der Waals surface area (Å²) >= 11 is 0. The second kappa shape index (κ2) is 3.25. The number of hydrogen-bond donors (Lipinski definition) is 0. The third kappa shape index (κ3) is 6.17. The second-order valence-corrected chi connectivity index (χ2v) is 11.7. The fourth-order valence-electron chi connectivity index (χ4n) is 0.535. The molecule has 0 saturated carbocycles. The van der Waals surface area contributed by atoms with Crippen molar-refractivity contribution in [1.82, 2.24) is 0 Å². The van der Waals surface area contributed by atoms with E-state index in [2.05, 4.69) is 31.9 Å². The van der Waals surface area contributed by atoms with Gasteiger partial charge in [0.05, 0.1) is 0 Å². The van der Waals surface area contributed by atoms with Gasteiger partial charge in [0.15, 0.2) is 0 Å². The van der Waals surface area contributed by atoms with Crippen LogP contribution in [-0.2, 0) is 0 Å². The molecule has 0 aliphatic rings. The van der Waals surface area contributed by atoms with Crippen LogP contribution in [0.5, 0.6) is 0 Å². The Bertz CT molecular complexity index is 71.1. The topological polar surface area (TPSA) is 0 Å². The molecular weight excluding hydrogens is 128 g/mol. The zero-order valence-electron chi connectivity index (χ0n) is 6.20. The molecule has 0 fully saturated rings. The zero-order chi connectivity index (χ0) is 6.62. The predicted molar refractivity (Wildman–Crippen MR) is 46.9 cm³/mol. The fraction of sp³-hybridized carbons (Fsp3) is 0.667. The van der Waals surface area contributed by atoms with E-state index in [4.69, 9.17) is 0 Å². The Labute approximate surface area is 55.8 Å². The fourth-order valence-corrected chi connectivity index (χ4v) is 4.82. The van der Waals surface area contributed by atoms with Crippen LogP contribution in [0.2, 0.25) is 25.3 Å². The molecular formula is C6H16Si2. The van der Waals surface area contributed by atoms with Crippen molar-refractivity contribution in [2.75, 3.05) is 0 Å². The van der Waals surface area contributed by atoms with Crippen LogP contribution >= 0.6 is 0 Å². The van der Waals surface area contributed by atoms with Gasteiger partial charge in [0.25, 0.3) is 0 Å². The molecule has 0 N–H and O–H groups in total. The van der Waals surface area contributed by atoms with Crippen molar-refractivity contribution in [3.63, 3.8) is 0 Å².